The van der Waals surface area contributed by atoms with Gasteiger partial charge in [-0.15, -0.1) is 0 Å². The van der Waals surface area contributed by atoms with Crippen molar-refractivity contribution in [3.63, 3.8) is 0 Å². The second-order valence-corrected chi connectivity index (χ2v) is 5.08. The van der Waals surface area contributed by atoms with Gasteiger partial charge in [0.15, 0.2) is 0 Å². The van der Waals surface area contributed by atoms with Crippen LogP contribution in [0.1, 0.15) is 19.4 Å². The fourth-order valence-electron chi connectivity index (χ4n) is 2.49. The van der Waals surface area contributed by atoms with E-state index in [0.717, 1.165) is 13.0 Å². The Balaban J connectivity index is 2.21. The van der Waals surface area contributed by atoms with Crippen LogP contribution in [-0.2, 0) is 11.2 Å². The van der Waals surface area contributed by atoms with Crippen LogP contribution in [0.3, 0.4) is 0 Å². The number of aliphatic carboxylic acids is 1. The minimum atomic E-state index is -0.722. The third-order valence-corrected chi connectivity index (χ3v) is 3.35. The van der Waals surface area contributed by atoms with Gasteiger partial charge in [-0.3, -0.25) is 4.79 Å². The van der Waals surface area contributed by atoms with Crippen LogP contribution in [-0.4, -0.2) is 24.2 Å². The molecule has 1 heterocycles. The van der Waals surface area contributed by atoms with E-state index in [9.17, 15) is 4.79 Å². The molecule has 1 aliphatic heterocycles. The Bertz CT molecular complexity index is 416. The van der Waals surface area contributed by atoms with Crippen molar-refractivity contribution in [3.8, 4) is 0 Å². The average molecular weight is 233 g/mol. The molecule has 0 fully saturated rings. The largest absolute Gasteiger partial charge is 0.481 e. The lowest BCUT2D eigenvalue weighted by Crippen LogP contribution is -2.38. The van der Waals surface area contributed by atoms with Gasteiger partial charge in [0.25, 0.3) is 0 Å². The molecule has 0 radical (unpaired) electrons. The summed E-state index contributed by atoms with van der Waals surface area (Å²) in [6.07, 6.45) is 1.09. The molecular formula is C14H19NO2. The standard InChI is InChI=1S/C14H19NO2/c1-10-7-12-5-3-4-6-13(12)15(8-10)9-11(2)14(16)17/h3-6,10-11H,7-9H2,1-2H3,(H,16,17). The zero-order chi connectivity index (χ0) is 12.4. The van der Waals surface area contributed by atoms with Gasteiger partial charge in [-0.05, 0) is 24.0 Å². The van der Waals surface area contributed by atoms with Gasteiger partial charge in [0.1, 0.15) is 0 Å². The molecule has 0 saturated carbocycles. The Morgan fingerprint density at radius 2 is 2.24 bits per heavy atom. The summed E-state index contributed by atoms with van der Waals surface area (Å²) in [4.78, 5) is 13.2. The molecule has 0 aromatic heterocycles. The first-order valence-corrected chi connectivity index (χ1v) is 6.13. The van der Waals surface area contributed by atoms with Crippen molar-refractivity contribution in [2.45, 2.75) is 20.3 Å². The molecule has 1 N–H and O–H groups in total. The Morgan fingerprint density at radius 1 is 1.53 bits per heavy atom. The predicted octanol–water partition coefficient (Wildman–Crippen LogP) is 2.41. The number of carboxylic acids is 1. The first-order chi connectivity index (χ1) is 8.08. The number of fused-ring (bicyclic) bond motifs is 1. The third-order valence-electron chi connectivity index (χ3n) is 3.35. The summed E-state index contributed by atoms with van der Waals surface area (Å²) in [6, 6.07) is 8.31. The summed E-state index contributed by atoms with van der Waals surface area (Å²) in [5.41, 5.74) is 2.54. The maximum Gasteiger partial charge on any atom is 0.308 e. The van der Waals surface area contributed by atoms with Gasteiger partial charge in [0, 0.05) is 18.8 Å². The number of anilines is 1. The second kappa shape index (κ2) is 4.78. The van der Waals surface area contributed by atoms with Crippen LogP contribution in [0.15, 0.2) is 24.3 Å². The number of para-hydroxylation sites is 1. The fourth-order valence-corrected chi connectivity index (χ4v) is 2.49. The van der Waals surface area contributed by atoms with Crippen molar-refractivity contribution in [1.82, 2.24) is 0 Å². The Kier molecular flexibility index (Phi) is 3.36. The zero-order valence-electron chi connectivity index (χ0n) is 10.4. The molecule has 1 aromatic carbocycles. The Morgan fingerprint density at radius 3 is 2.94 bits per heavy atom. The van der Waals surface area contributed by atoms with Gasteiger partial charge in [-0.2, -0.15) is 0 Å². The molecule has 0 spiro atoms. The fraction of sp³-hybridized carbons (Fsp3) is 0.500. The first kappa shape index (κ1) is 12.0. The summed E-state index contributed by atoms with van der Waals surface area (Å²) in [6.45, 7) is 5.53. The van der Waals surface area contributed by atoms with Crippen LogP contribution in [0.4, 0.5) is 5.69 Å². The normalized spacial score (nSPS) is 20.8. The van der Waals surface area contributed by atoms with Crippen molar-refractivity contribution in [3.05, 3.63) is 29.8 Å². The van der Waals surface area contributed by atoms with Crippen LogP contribution in [0, 0.1) is 11.8 Å². The highest BCUT2D eigenvalue weighted by molar-refractivity contribution is 5.71. The minimum absolute atomic E-state index is 0.326. The molecule has 92 valence electrons. The highest BCUT2D eigenvalue weighted by Crippen LogP contribution is 2.29. The lowest BCUT2D eigenvalue weighted by atomic mass is 9.93. The first-order valence-electron chi connectivity index (χ1n) is 6.13. The monoisotopic (exact) mass is 233 g/mol. The molecular weight excluding hydrogens is 214 g/mol. The lowest BCUT2D eigenvalue weighted by molar-refractivity contribution is -0.140. The molecule has 1 aromatic rings. The molecule has 2 rings (SSSR count). The number of hydrogen-bond donors (Lipinski definition) is 1. The predicted molar refractivity (Wildman–Crippen MR) is 68.3 cm³/mol. The topological polar surface area (TPSA) is 40.5 Å². The van der Waals surface area contributed by atoms with Crippen LogP contribution < -0.4 is 4.90 Å². The Hall–Kier alpha value is -1.51. The van der Waals surface area contributed by atoms with E-state index in [-0.39, 0.29) is 5.92 Å². The van der Waals surface area contributed by atoms with Crippen LogP contribution in [0.25, 0.3) is 0 Å². The van der Waals surface area contributed by atoms with Crippen molar-refractivity contribution in [1.29, 1.82) is 0 Å². The molecule has 0 amide bonds. The number of carbonyl (C=O) groups is 1. The highest BCUT2D eigenvalue weighted by Gasteiger charge is 2.24. The van der Waals surface area contributed by atoms with Gasteiger partial charge in [-0.1, -0.05) is 32.0 Å². The smallest absolute Gasteiger partial charge is 0.308 e. The molecule has 0 bridgehead atoms. The Labute approximate surface area is 102 Å². The minimum Gasteiger partial charge on any atom is -0.481 e. The van der Waals surface area contributed by atoms with E-state index in [1.807, 2.05) is 6.07 Å². The number of rotatable bonds is 3. The second-order valence-electron chi connectivity index (χ2n) is 5.08. The molecule has 0 aliphatic carbocycles. The maximum absolute atomic E-state index is 10.9. The summed E-state index contributed by atoms with van der Waals surface area (Å²) in [5.74, 6) is -0.458. The van der Waals surface area contributed by atoms with E-state index in [4.69, 9.17) is 5.11 Å². The van der Waals surface area contributed by atoms with E-state index < -0.39 is 5.97 Å². The van der Waals surface area contributed by atoms with Crippen molar-refractivity contribution in [2.24, 2.45) is 11.8 Å². The molecule has 3 nitrogen and oxygen atoms in total. The highest BCUT2D eigenvalue weighted by atomic mass is 16.4. The van der Waals surface area contributed by atoms with Crippen molar-refractivity contribution >= 4 is 11.7 Å². The third kappa shape index (κ3) is 2.60. The quantitative estimate of drug-likeness (QED) is 0.871. The summed E-state index contributed by atoms with van der Waals surface area (Å²) in [5, 5.41) is 9.00. The molecule has 2 unspecified atom stereocenters. The van der Waals surface area contributed by atoms with E-state index in [2.05, 4.69) is 30.0 Å². The molecule has 0 saturated heterocycles. The molecule has 1 aliphatic rings. The van der Waals surface area contributed by atoms with Crippen LogP contribution in [0.5, 0.6) is 0 Å². The van der Waals surface area contributed by atoms with Gasteiger partial charge in [0.05, 0.1) is 5.92 Å². The number of benzene rings is 1. The maximum atomic E-state index is 10.9. The summed E-state index contributed by atoms with van der Waals surface area (Å²) < 4.78 is 0. The van der Waals surface area contributed by atoms with Crippen molar-refractivity contribution in [2.75, 3.05) is 18.0 Å². The summed E-state index contributed by atoms with van der Waals surface area (Å²) in [7, 11) is 0. The van der Waals surface area contributed by atoms with E-state index in [0.29, 0.717) is 12.5 Å². The molecule has 3 heteroatoms. The van der Waals surface area contributed by atoms with Gasteiger partial charge in [-0.25, -0.2) is 0 Å². The number of hydrogen-bond acceptors (Lipinski definition) is 2. The van der Waals surface area contributed by atoms with E-state index >= 15 is 0 Å². The molecule has 17 heavy (non-hydrogen) atoms. The number of nitrogens with zero attached hydrogens (tertiary/aromatic N) is 1. The number of carboxylic acid groups (broad SMARTS) is 1. The van der Waals surface area contributed by atoms with Crippen LogP contribution in [0.2, 0.25) is 0 Å². The SMILES string of the molecule is CC1Cc2ccccc2N(CC(C)C(=O)O)C1. The average Bonchev–Trinajstić information content (AvgIpc) is 2.28. The van der Waals surface area contributed by atoms with E-state index in [1.54, 1.807) is 6.92 Å². The van der Waals surface area contributed by atoms with Crippen molar-refractivity contribution < 1.29 is 9.90 Å². The zero-order valence-corrected chi connectivity index (χ0v) is 10.4. The van der Waals surface area contributed by atoms with Crippen LogP contribution >= 0.6 is 0 Å². The van der Waals surface area contributed by atoms with Gasteiger partial charge >= 0.3 is 5.97 Å². The van der Waals surface area contributed by atoms with E-state index in [1.165, 1.54) is 11.3 Å². The summed E-state index contributed by atoms with van der Waals surface area (Å²) >= 11 is 0. The molecule has 2 atom stereocenters. The lowest BCUT2D eigenvalue weighted by Gasteiger charge is -2.35. The van der Waals surface area contributed by atoms with Gasteiger partial charge in [0.2, 0.25) is 0 Å². The van der Waals surface area contributed by atoms with Gasteiger partial charge < -0.3 is 10.0 Å².